The van der Waals surface area contributed by atoms with Crippen LogP contribution in [0.25, 0.3) is 0 Å². The fourth-order valence-corrected chi connectivity index (χ4v) is 8.02. The number of ether oxygens (including phenoxy) is 3. The van der Waals surface area contributed by atoms with Crippen molar-refractivity contribution in [3.8, 4) is 0 Å². The van der Waals surface area contributed by atoms with Crippen molar-refractivity contribution in [2.75, 3.05) is 13.2 Å². The minimum absolute atomic E-state index is 0.0828. The molecule has 0 aromatic heterocycles. The van der Waals surface area contributed by atoms with Crippen molar-refractivity contribution in [3.63, 3.8) is 0 Å². The molecule has 6 nitrogen and oxygen atoms in total. The molecule has 66 heavy (non-hydrogen) atoms. The van der Waals surface area contributed by atoms with Gasteiger partial charge in [0.25, 0.3) is 0 Å². The van der Waals surface area contributed by atoms with Gasteiger partial charge in [0.1, 0.15) is 13.2 Å². The molecule has 0 aliphatic carbocycles. The van der Waals surface area contributed by atoms with Crippen LogP contribution in [-0.4, -0.2) is 37.2 Å². The third-order valence-corrected chi connectivity index (χ3v) is 12.3. The lowest BCUT2D eigenvalue weighted by Gasteiger charge is -2.18. The highest BCUT2D eigenvalue weighted by Gasteiger charge is 2.19. The Balaban J connectivity index is 4.40. The normalized spacial score (nSPS) is 12.5. The highest BCUT2D eigenvalue weighted by molar-refractivity contribution is 5.71. The number of carbonyl (C=O) groups is 3. The highest BCUT2D eigenvalue weighted by Crippen LogP contribution is 2.15. The molecule has 0 saturated heterocycles. The molecule has 0 aromatic rings. The Morgan fingerprint density at radius 2 is 0.606 bits per heavy atom. The van der Waals surface area contributed by atoms with Gasteiger partial charge in [-0.25, -0.2) is 0 Å². The number of carbonyl (C=O) groups excluding carboxylic acids is 3. The Morgan fingerprint density at radius 1 is 0.318 bits per heavy atom. The molecule has 0 fully saturated rings. The lowest BCUT2D eigenvalue weighted by molar-refractivity contribution is -0.167. The molecule has 1 unspecified atom stereocenters. The molecule has 0 amide bonds. The van der Waals surface area contributed by atoms with Crippen LogP contribution in [0.2, 0.25) is 0 Å². The van der Waals surface area contributed by atoms with Crippen molar-refractivity contribution in [1.29, 1.82) is 0 Å². The van der Waals surface area contributed by atoms with Crippen molar-refractivity contribution in [2.24, 2.45) is 0 Å². The average Bonchev–Trinajstić information content (AvgIpc) is 3.31. The van der Waals surface area contributed by atoms with E-state index in [4.69, 9.17) is 14.2 Å². The predicted molar refractivity (Wildman–Crippen MR) is 284 cm³/mol. The highest BCUT2D eigenvalue weighted by atomic mass is 16.6. The topological polar surface area (TPSA) is 78.9 Å². The maximum absolute atomic E-state index is 12.8. The van der Waals surface area contributed by atoms with E-state index >= 15 is 0 Å². The molecule has 0 aliphatic rings. The van der Waals surface area contributed by atoms with Crippen molar-refractivity contribution in [1.82, 2.24) is 0 Å². The zero-order valence-corrected chi connectivity index (χ0v) is 43.7. The summed E-state index contributed by atoms with van der Waals surface area (Å²) < 4.78 is 16.8. The summed E-state index contributed by atoms with van der Waals surface area (Å²) in [7, 11) is 0. The Bertz CT molecular complexity index is 1200. The Hall–Kier alpha value is -2.89. The van der Waals surface area contributed by atoms with Crippen molar-refractivity contribution >= 4 is 17.9 Å². The summed E-state index contributed by atoms with van der Waals surface area (Å²) in [4.78, 5) is 38.1. The van der Waals surface area contributed by atoms with Crippen LogP contribution >= 0.6 is 0 Å². The second-order valence-electron chi connectivity index (χ2n) is 18.9. The van der Waals surface area contributed by atoms with Crippen LogP contribution in [0.5, 0.6) is 0 Å². The largest absolute Gasteiger partial charge is 0.462 e. The van der Waals surface area contributed by atoms with Gasteiger partial charge in [-0.3, -0.25) is 14.4 Å². The second kappa shape index (κ2) is 54.7. The minimum Gasteiger partial charge on any atom is -0.462 e. The fourth-order valence-electron chi connectivity index (χ4n) is 8.02. The molecule has 0 rings (SSSR count). The van der Waals surface area contributed by atoms with Crippen molar-refractivity contribution in [3.05, 3.63) is 60.8 Å². The van der Waals surface area contributed by atoms with Gasteiger partial charge in [0.05, 0.1) is 0 Å². The van der Waals surface area contributed by atoms with Gasteiger partial charge in [-0.1, -0.05) is 236 Å². The molecule has 0 aromatic carbocycles. The zero-order valence-electron chi connectivity index (χ0n) is 43.7. The second-order valence-corrected chi connectivity index (χ2v) is 18.9. The number of allylic oxidation sites excluding steroid dienone is 10. The molecular formula is C60H106O6. The van der Waals surface area contributed by atoms with Crippen LogP contribution in [0.1, 0.15) is 284 Å². The van der Waals surface area contributed by atoms with Gasteiger partial charge < -0.3 is 14.2 Å². The number of unbranched alkanes of at least 4 members (excludes halogenated alkanes) is 32. The van der Waals surface area contributed by atoms with E-state index in [1.165, 1.54) is 161 Å². The molecule has 6 heteroatoms. The third-order valence-electron chi connectivity index (χ3n) is 12.3. The molecule has 0 bridgehead atoms. The third kappa shape index (κ3) is 52.1. The van der Waals surface area contributed by atoms with Gasteiger partial charge in [-0.2, -0.15) is 0 Å². The van der Waals surface area contributed by atoms with Gasteiger partial charge in [0, 0.05) is 19.3 Å². The average molecular weight is 924 g/mol. The summed E-state index contributed by atoms with van der Waals surface area (Å²) in [6.45, 7) is 6.51. The maximum Gasteiger partial charge on any atom is 0.306 e. The molecular weight excluding hydrogens is 817 g/mol. The molecule has 0 spiro atoms. The minimum atomic E-state index is -0.785. The van der Waals surface area contributed by atoms with E-state index in [9.17, 15) is 14.4 Å². The first-order valence-electron chi connectivity index (χ1n) is 28.3. The van der Waals surface area contributed by atoms with E-state index < -0.39 is 6.10 Å². The van der Waals surface area contributed by atoms with Crippen molar-refractivity contribution < 1.29 is 28.6 Å². The van der Waals surface area contributed by atoms with Gasteiger partial charge in [-0.15, -0.1) is 0 Å². The molecule has 0 radical (unpaired) electrons. The van der Waals surface area contributed by atoms with E-state index in [2.05, 4.69) is 81.5 Å². The first-order chi connectivity index (χ1) is 32.5. The molecule has 0 heterocycles. The summed E-state index contributed by atoms with van der Waals surface area (Å²) in [6.07, 6.45) is 67.8. The Kier molecular flexibility index (Phi) is 52.3. The number of hydrogen-bond donors (Lipinski definition) is 0. The lowest BCUT2D eigenvalue weighted by atomic mass is 10.1. The molecule has 0 saturated carbocycles. The summed E-state index contributed by atoms with van der Waals surface area (Å²) in [6, 6.07) is 0. The quantitative estimate of drug-likeness (QED) is 0.0199. The van der Waals surface area contributed by atoms with E-state index in [1.54, 1.807) is 0 Å². The standard InChI is InChI=1S/C60H106O6/c1-4-7-10-13-16-19-22-25-28-30-33-35-38-41-44-47-50-53-59(62)65-56-57(55-64-58(61)52-49-46-43-40-37-34-31-27-24-21-18-15-12-9-6-3)66-60(63)54-51-48-45-42-39-36-32-29-26-23-20-17-14-11-8-5-2/h9,12,15,18,21,24-25,28-29,32,57H,4-8,10-11,13-14,16-17,19-20,22-23,26-27,30-31,33-56H2,1-3H3/b12-9-,18-15-,24-21-,28-25-,32-29-. The van der Waals surface area contributed by atoms with Crippen LogP contribution in [0, 0.1) is 0 Å². The first-order valence-corrected chi connectivity index (χ1v) is 28.3. The lowest BCUT2D eigenvalue weighted by Crippen LogP contribution is -2.30. The number of rotatable bonds is 51. The van der Waals surface area contributed by atoms with Gasteiger partial charge in [0.2, 0.25) is 0 Å². The Morgan fingerprint density at radius 3 is 0.955 bits per heavy atom. The molecule has 382 valence electrons. The molecule has 0 N–H and O–H groups in total. The number of esters is 3. The summed E-state index contributed by atoms with van der Waals surface area (Å²) in [5, 5.41) is 0. The monoisotopic (exact) mass is 923 g/mol. The van der Waals surface area contributed by atoms with Gasteiger partial charge in [-0.05, 0) is 89.9 Å². The first kappa shape index (κ1) is 63.1. The van der Waals surface area contributed by atoms with Gasteiger partial charge >= 0.3 is 17.9 Å². The Labute approximate surface area is 409 Å². The predicted octanol–water partition coefficient (Wildman–Crippen LogP) is 18.8. The van der Waals surface area contributed by atoms with E-state index in [1.807, 2.05) is 0 Å². The maximum atomic E-state index is 12.8. The van der Waals surface area contributed by atoms with E-state index in [0.29, 0.717) is 19.3 Å². The van der Waals surface area contributed by atoms with Crippen LogP contribution in [-0.2, 0) is 28.6 Å². The molecule has 1 atom stereocenters. The van der Waals surface area contributed by atoms with Crippen LogP contribution in [0.3, 0.4) is 0 Å². The van der Waals surface area contributed by atoms with Crippen LogP contribution in [0.4, 0.5) is 0 Å². The van der Waals surface area contributed by atoms with Gasteiger partial charge in [0.15, 0.2) is 6.10 Å². The van der Waals surface area contributed by atoms with E-state index in [0.717, 1.165) is 83.5 Å². The molecule has 0 aliphatic heterocycles. The zero-order chi connectivity index (χ0) is 47.9. The van der Waals surface area contributed by atoms with Crippen LogP contribution < -0.4 is 0 Å². The van der Waals surface area contributed by atoms with Crippen molar-refractivity contribution in [2.45, 2.75) is 290 Å². The fraction of sp³-hybridized carbons (Fsp3) is 0.783. The van der Waals surface area contributed by atoms with E-state index in [-0.39, 0.29) is 31.1 Å². The summed E-state index contributed by atoms with van der Waals surface area (Å²) in [5.74, 6) is -0.898. The van der Waals surface area contributed by atoms with Crippen LogP contribution in [0.15, 0.2) is 60.8 Å². The summed E-state index contributed by atoms with van der Waals surface area (Å²) in [5.41, 5.74) is 0. The number of hydrogen-bond acceptors (Lipinski definition) is 6. The SMILES string of the molecule is CC\C=C/C=C\C=C/CCCCCCCCCC(=O)OCC(COC(=O)CCCCCCCCC/C=C\CCCCCCCC)OC(=O)CCCCCCC/C=C\CCCCCCCCC. The smallest absolute Gasteiger partial charge is 0.306 e. The summed E-state index contributed by atoms with van der Waals surface area (Å²) >= 11 is 0.